The fourth-order valence-electron chi connectivity index (χ4n) is 6.20. The van der Waals surface area contributed by atoms with E-state index < -0.39 is 0 Å². The third-order valence-electron chi connectivity index (χ3n) is 8.48. The number of fused-ring (bicyclic) bond motifs is 3. The number of ether oxygens (including phenoxy) is 1. The molecule has 0 aliphatic carbocycles. The molecule has 6 nitrogen and oxygen atoms in total. The highest BCUT2D eigenvalue weighted by Crippen LogP contribution is 2.43. The number of aliphatic hydroxyl groups is 1. The van der Waals surface area contributed by atoms with Gasteiger partial charge in [0.15, 0.2) is 5.65 Å². The summed E-state index contributed by atoms with van der Waals surface area (Å²) in [5.74, 6) is 1.42. The topological polar surface area (TPSA) is 73.8 Å². The van der Waals surface area contributed by atoms with Crippen LogP contribution in [0.4, 0.5) is 5.82 Å². The van der Waals surface area contributed by atoms with Gasteiger partial charge in [0.25, 0.3) is 0 Å². The summed E-state index contributed by atoms with van der Waals surface area (Å²) < 4.78 is 7.98. The van der Waals surface area contributed by atoms with Crippen molar-refractivity contribution in [1.29, 1.82) is 5.26 Å². The first kappa shape index (κ1) is 26.5. The summed E-state index contributed by atoms with van der Waals surface area (Å²) in [7, 11) is 0. The van der Waals surface area contributed by atoms with Gasteiger partial charge in [0.2, 0.25) is 0 Å². The molecule has 0 radical (unpaired) electrons. The Morgan fingerprint density at radius 3 is 2.42 bits per heavy atom. The molecule has 0 amide bonds. The molecule has 2 aliphatic rings. The van der Waals surface area contributed by atoms with E-state index in [0.29, 0.717) is 5.56 Å². The van der Waals surface area contributed by atoms with Crippen LogP contribution in [0.25, 0.3) is 16.7 Å². The minimum atomic E-state index is -0.0532. The van der Waals surface area contributed by atoms with Crippen molar-refractivity contribution in [3.05, 3.63) is 76.9 Å². The number of hydrogen-bond donors (Lipinski definition) is 1. The first-order valence-electron chi connectivity index (χ1n) is 13.5. The van der Waals surface area contributed by atoms with Crippen molar-refractivity contribution in [3.63, 3.8) is 0 Å². The van der Waals surface area contributed by atoms with E-state index >= 15 is 0 Å². The van der Waals surface area contributed by atoms with Crippen molar-refractivity contribution in [2.75, 3.05) is 37.8 Å². The molecule has 2 aromatic heterocycles. The van der Waals surface area contributed by atoms with Crippen molar-refractivity contribution in [3.8, 4) is 6.07 Å². The molecule has 0 bridgehead atoms. The number of pyridine rings is 1. The quantitative estimate of drug-likeness (QED) is 0.349. The van der Waals surface area contributed by atoms with Crippen LogP contribution in [0.2, 0.25) is 0 Å². The maximum absolute atomic E-state index is 10.6. The molecule has 2 aliphatic heterocycles. The number of halogens is 1. The van der Waals surface area contributed by atoms with E-state index in [9.17, 15) is 10.4 Å². The Bertz CT molecular complexity index is 1460. The van der Waals surface area contributed by atoms with Gasteiger partial charge in [0.1, 0.15) is 11.9 Å². The predicted octanol–water partition coefficient (Wildman–Crippen LogP) is 5.86. The third kappa shape index (κ3) is 4.64. The zero-order valence-corrected chi connectivity index (χ0v) is 22.7. The van der Waals surface area contributed by atoms with E-state index in [2.05, 4.69) is 64.8 Å². The zero-order chi connectivity index (χ0) is 25.4. The van der Waals surface area contributed by atoms with Gasteiger partial charge in [-0.3, -0.25) is 4.40 Å². The molecule has 0 atom stereocenters. The van der Waals surface area contributed by atoms with Crippen LogP contribution in [0.5, 0.6) is 0 Å². The monoisotopic (exact) mass is 530 g/mol. The van der Waals surface area contributed by atoms with E-state index in [4.69, 9.17) is 9.72 Å². The largest absolute Gasteiger partial charge is 0.396 e. The third-order valence-corrected chi connectivity index (χ3v) is 8.48. The number of anilines is 1. The van der Waals surface area contributed by atoms with Crippen LogP contribution in [0.3, 0.4) is 0 Å². The molecule has 2 saturated heterocycles. The Balaban J connectivity index is 0.00000294. The zero-order valence-electron chi connectivity index (χ0n) is 21.9. The normalized spacial score (nSPS) is 17.9. The smallest absolute Gasteiger partial charge is 0.157 e. The number of nitrogens with zero attached hydrogens (tertiary/aromatic N) is 4. The van der Waals surface area contributed by atoms with Gasteiger partial charge in [-0.15, -0.1) is 12.4 Å². The summed E-state index contributed by atoms with van der Waals surface area (Å²) in [6, 6.07) is 21.4. The Labute approximate surface area is 230 Å². The van der Waals surface area contributed by atoms with Gasteiger partial charge < -0.3 is 14.7 Å². The van der Waals surface area contributed by atoms with E-state index in [1.54, 1.807) is 0 Å². The van der Waals surface area contributed by atoms with Gasteiger partial charge in [-0.05, 0) is 60.3 Å². The van der Waals surface area contributed by atoms with Crippen LogP contribution in [-0.4, -0.2) is 47.4 Å². The molecule has 4 heterocycles. The van der Waals surface area contributed by atoms with Crippen molar-refractivity contribution in [2.24, 2.45) is 5.41 Å². The molecule has 0 saturated carbocycles. The number of aromatic nitrogens is 2. The van der Waals surface area contributed by atoms with E-state index in [1.165, 1.54) is 11.1 Å². The average Bonchev–Trinajstić information content (AvgIpc) is 3.33. The molecule has 7 heteroatoms. The molecule has 2 aromatic carbocycles. The summed E-state index contributed by atoms with van der Waals surface area (Å²) in [4.78, 5) is 7.52. The molecule has 198 valence electrons. The number of para-hydroxylation sites is 2. The van der Waals surface area contributed by atoms with Gasteiger partial charge in [-0.2, -0.15) is 5.26 Å². The number of benzene rings is 2. The molecular weight excluding hydrogens is 496 g/mol. The SMILES string of the molecule is CC1(CO)CCN(c2c(Cc3ccccc3)c(C3CCOCC3)c(C#N)c3nc4ccccc4n23)CC1.Cl. The fourth-order valence-corrected chi connectivity index (χ4v) is 6.20. The highest BCUT2D eigenvalue weighted by atomic mass is 35.5. The van der Waals surface area contributed by atoms with E-state index in [0.717, 1.165) is 86.5 Å². The summed E-state index contributed by atoms with van der Waals surface area (Å²) >= 11 is 0. The highest BCUT2D eigenvalue weighted by molar-refractivity contribution is 5.87. The second-order valence-corrected chi connectivity index (χ2v) is 11.0. The van der Waals surface area contributed by atoms with Crippen molar-refractivity contribution in [1.82, 2.24) is 9.38 Å². The second kappa shape index (κ2) is 10.9. The van der Waals surface area contributed by atoms with Gasteiger partial charge >= 0.3 is 0 Å². The van der Waals surface area contributed by atoms with Crippen molar-refractivity contribution >= 4 is 34.9 Å². The highest BCUT2D eigenvalue weighted by Gasteiger charge is 2.35. The predicted molar refractivity (Wildman–Crippen MR) is 153 cm³/mol. The van der Waals surface area contributed by atoms with E-state index in [1.807, 2.05) is 12.1 Å². The van der Waals surface area contributed by atoms with Crippen molar-refractivity contribution < 1.29 is 9.84 Å². The number of imidazole rings is 1. The van der Waals surface area contributed by atoms with Gasteiger partial charge in [0.05, 0.1) is 16.6 Å². The average molecular weight is 531 g/mol. The fraction of sp³-hybridized carbons (Fsp3) is 0.419. The molecule has 4 aromatic rings. The lowest BCUT2D eigenvalue weighted by Crippen LogP contribution is -2.42. The summed E-state index contributed by atoms with van der Waals surface area (Å²) in [5.41, 5.74) is 6.98. The minimum Gasteiger partial charge on any atom is -0.396 e. The first-order chi connectivity index (χ1) is 18.1. The molecule has 38 heavy (non-hydrogen) atoms. The molecule has 6 rings (SSSR count). The standard InChI is InChI=1S/C31H34N4O2.ClH/c1-31(21-36)13-15-34(16-14-31)30-24(19-22-7-3-2-4-8-22)28(23-11-17-37-18-12-23)25(20-32)29-33-26-9-5-6-10-27(26)35(29)30;/h2-10,23,36H,11-19,21H2,1H3;1H. The van der Waals surface area contributed by atoms with Gasteiger partial charge in [-0.1, -0.05) is 49.4 Å². The lowest BCUT2D eigenvalue weighted by Gasteiger charge is -2.41. The van der Waals surface area contributed by atoms with Crippen LogP contribution in [-0.2, 0) is 11.2 Å². The first-order valence-corrected chi connectivity index (χ1v) is 13.5. The Hall–Kier alpha value is -3.11. The van der Waals surface area contributed by atoms with E-state index in [-0.39, 0.29) is 30.3 Å². The summed E-state index contributed by atoms with van der Waals surface area (Å²) in [6.07, 6.45) is 4.43. The number of rotatable bonds is 5. The van der Waals surface area contributed by atoms with Crippen LogP contribution in [0.15, 0.2) is 54.6 Å². The number of nitriles is 1. The van der Waals surface area contributed by atoms with Crippen LogP contribution < -0.4 is 4.90 Å². The van der Waals surface area contributed by atoms with Gasteiger partial charge in [0, 0.05) is 44.9 Å². The molecular formula is C31H35ClN4O2. The van der Waals surface area contributed by atoms with Gasteiger partial charge in [-0.25, -0.2) is 4.98 Å². The van der Waals surface area contributed by atoms with Crippen LogP contribution >= 0.6 is 12.4 Å². The Morgan fingerprint density at radius 2 is 1.74 bits per heavy atom. The second-order valence-electron chi connectivity index (χ2n) is 11.0. The molecule has 0 unspecified atom stereocenters. The molecule has 2 fully saturated rings. The Kier molecular flexibility index (Phi) is 7.63. The molecule has 0 spiro atoms. The number of aliphatic hydroxyl groups excluding tert-OH is 1. The van der Waals surface area contributed by atoms with Crippen molar-refractivity contribution in [2.45, 2.75) is 44.9 Å². The van der Waals surface area contributed by atoms with Crippen LogP contribution in [0, 0.1) is 16.7 Å². The molecule has 1 N–H and O–H groups in total. The Morgan fingerprint density at radius 1 is 1.05 bits per heavy atom. The summed E-state index contributed by atoms with van der Waals surface area (Å²) in [6.45, 7) is 5.55. The number of hydrogen-bond acceptors (Lipinski definition) is 5. The lowest BCUT2D eigenvalue weighted by atomic mass is 9.80. The minimum absolute atomic E-state index is 0. The van der Waals surface area contributed by atoms with Crippen LogP contribution in [0.1, 0.15) is 60.8 Å². The summed E-state index contributed by atoms with van der Waals surface area (Å²) in [5, 5.41) is 20.6. The lowest BCUT2D eigenvalue weighted by molar-refractivity contribution is 0.0851. The number of piperidine rings is 1. The maximum Gasteiger partial charge on any atom is 0.157 e. The maximum atomic E-state index is 10.6.